The van der Waals surface area contributed by atoms with Crippen molar-refractivity contribution in [1.82, 2.24) is 4.72 Å². The Bertz CT molecular complexity index is 537. The van der Waals surface area contributed by atoms with E-state index in [9.17, 15) is 13.2 Å². The highest BCUT2D eigenvalue weighted by molar-refractivity contribution is 7.89. The quantitative estimate of drug-likeness (QED) is 0.467. The standard InChI is InChI=1S/C13H17NO4S/c1-11(2)13(15)18-10-6-9-14-19(16,17)12-7-4-3-5-8-12/h3-5,7-8,14H,1,6,9-10H2,2H3. The van der Waals surface area contributed by atoms with Crippen LogP contribution in [0.25, 0.3) is 0 Å². The molecular weight excluding hydrogens is 266 g/mol. The third kappa shape index (κ3) is 5.23. The van der Waals surface area contributed by atoms with Gasteiger partial charge in [0.1, 0.15) is 0 Å². The van der Waals surface area contributed by atoms with Crippen LogP contribution < -0.4 is 4.72 Å². The average Bonchev–Trinajstić information content (AvgIpc) is 2.39. The van der Waals surface area contributed by atoms with Gasteiger partial charge in [0.15, 0.2) is 0 Å². The van der Waals surface area contributed by atoms with Crippen molar-refractivity contribution in [2.24, 2.45) is 0 Å². The molecule has 0 fully saturated rings. The maximum absolute atomic E-state index is 11.8. The molecule has 0 saturated carbocycles. The smallest absolute Gasteiger partial charge is 0.333 e. The SMILES string of the molecule is C=C(C)C(=O)OCCCNS(=O)(=O)c1ccccc1. The number of benzene rings is 1. The van der Waals surface area contributed by atoms with Crippen molar-refractivity contribution in [2.75, 3.05) is 13.2 Å². The lowest BCUT2D eigenvalue weighted by atomic mass is 10.4. The Morgan fingerprint density at radius 1 is 1.32 bits per heavy atom. The molecule has 104 valence electrons. The first-order valence-electron chi connectivity index (χ1n) is 5.81. The molecule has 0 saturated heterocycles. The van der Waals surface area contributed by atoms with Gasteiger partial charge in [-0.05, 0) is 25.5 Å². The minimum Gasteiger partial charge on any atom is -0.462 e. The fraction of sp³-hybridized carbons (Fsp3) is 0.308. The predicted molar refractivity (Wildman–Crippen MR) is 72.0 cm³/mol. The van der Waals surface area contributed by atoms with E-state index >= 15 is 0 Å². The zero-order valence-electron chi connectivity index (χ0n) is 10.8. The lowest BCUT2D eigenvalue weighted by molar-refractivity contribution is -0.138. The molecule has 5 nitrogen and oxygen atoms in total. The van der Waals surface area contributed by atoms with Gasteiger partial charge >= 0.3 is 5.97 Å². The van der Waals surface area contributed by atoms with Crippen LogP contribution in [0.15, 0.2) is 47.4 Å². The van der Waals surface area contributed by atoms with Crippen molar-refractivity contribution in [3.05, 3.63) is 42.5 Å². The second kappa shape index (κ2) is 7.06. The summed E-state index contributed by atoms with van der Waals surface area (Å²) in [5.41, 5.74) is 0.324. The Morgan fingerprint density at radius 3 is 2.53 bits per heavy atom. The van der Waals surface area contributed by atoms with Crippen LogP contribution in [0.3, 0.4) is 0 Å². The average molecular weight is 283 g/mol. The number of nitrogens with one attached hydrogen (secondary N) is 1. The van der Waals surface area contributed by atoms with E-state index in [1.807, 2.05) is 0 Å². The molecular formula is C13H17NO4S. The third-order valence-electron chi connectivity index (χ3n) is 2.25. The second-order valence-electron chi connectivity index (χ2n) is 3.98. The highest BCUT2D eigenvalue weighted by atomic mass is 32.2. The summed E-state index contributed by atoms with van der Waals surface area (Å²) in [6, 6.07) is 8.09. The number of carbonyl (C=O) groups excluding carboxylic acids is 1. The Hall–Kier alpha value is -1.66. The number of ether oxygens (including phenoxy) is 1. The molecule has 0 heterocycles. The number of sulfonamides is 1. The number of hydrogen-bond acceptors (Lipinski definition) is 4. The molecule has 0 aliphatic carbocycles. The van der Waals surface area contributed by atoms with E-state index in [0.717, 1.165) is 0 Å². The highest BCUT2D eigenvalue weighted by Crippen LogP contribution is 2.06. The first-order valence-corrected chi connectivity index (χ1v) is 7.29. The number of carbonyl (C=O) groups is 1. The predicted octanol–water partition coefficient (Wildman–Crippen LogP) is 1.47. The highest BCUT2D eigenvalue weighted by Gasteiger charge is 2.12. The van der Waals surface area contributed by atoms with E-state index in [2.05, 4.69) is 11.3 Å². The topological polar surface area (TPSA) is 72.5 Å². The molecule has 0 unspecified atom stereocenters. The van der Waals surface area contributed by atoms with Gasteiger partial charge in [-0.2, -0.15) is 0 Å². The summed E-state index contributed by atoms with van der Waals surface area (Å²) in [5, 5.41) is 0. The minimum absolute atomic E-state index is 0.156. The fourth-order valence-corrected chi connectivity index (χ4v) is 2.34. The van der Waals surface area contributed by atoms with Crippen molar-refractivity contribution < 1.29 is 17.9 Å². The molecule has 0 aliphatic heterocycles. The lowest BCUT2D eigenvalue weighted by Gasteiger charge is -2.07. The zero-order valence-corrected chi connectivity index (χ0v) is 11.6. The second-order valence-corrected chi connectivity index (χ2v) is 5.75. The van der Waals surface area contributed by atoms with Crippen LogP contribution in [0, 0.1) is 0 Å². The summed E-state index contributed by atoms with van der Waals surface area (Å²) in [4.78, 5) is 11.3. The van der Waals surface area contributed by atoms with Crippen molar-refractivity contribution in [1.29, 1.82) is 0 Å². The molecule has 0 bridgehead atoms. The normalized spacial score (nSPS) is 11.0. The van der Waals surface area contributed by atoms with Crippen LogP contribution in [0.4, 0.5) is 0 Å². The number of esters is 1. The maximum atomic E-state index is 11.8. The largest absolute Gasteiger partial charge is 0.462 e. The Labute approximate surface area is 113 Å². The molecule has 0 spiro atoms. The van der Waals surface area contributed by atoms with E-state index in [1.165, 1.54) is 12.1 Å². The van der Waals surface area contributed by atoms with Crippen LogP contribution in [-0.4, -0.2) is 27.5 Å². The van der Waals surface area contributed by atoms with E-state index in [1.54, 1.807) is 25.1 Å². The van der Waals surface area contributed by atoms with Crippen LogP contribution >= 0.6 is 0 Å². The Balaban J connectivity index is 2.34. The third-order valence-corrected chi connectivity index (χ3v) is 3.73. The summed E-state index contributed by atoms with van der Waals surface area (Å²) in [7, 11) is -3.49. The molecule has 1 aromatic rings. The summed E-state index contributed by atoms with van der Waals surface area (Å²) in [6.07, 6.45) is 0.408. The molecule has 0 aliphatic rings. The van der Waals surface area contributed by atoms with Gasteiger partial charge in [0, 0.05) is 12.1 Å². The van der Waals surface area contributed by atoms with Crippen LogP contribution in [0.1, 0.15) is 13.3 Å². The number of rotatable bonds is 7. The minimum atomic E-state index is -3.49. The van der Waals surface area contributed by atoms with Gasteiger partial charge in [-0.1, -0.05) is 24.8 Å². The fourth-order valence-electron chi connectivity index (χ4n) is 1.25. The van der Waals surface area contributed by atoms with Crippen LogP contribution in [0.2, 0.25) is 0 Å². The lowest BCUT2D eigenvalue weighted by Crippen LogP contribution is -2.25. The zero-order chi connectivity index (χ0) is 14.3. The number of hydrogen-bond donors (Lipinski definition) is 1. The van der Waals surface area contributed by atoms with Crippen LogP contribution in [-0.2, 0) is 19.6 Å². The van der Waals surface area contributed by atoms with E-state index in [-0.39, 0.29) is 18.0 Å². The monoisotopic (exact) mass is 283 g/mol. The molecule has 0 aromatic heterocycles. The molecule has 6 heteroatoms. The summed E-state index contributed by atoms with van der Waals surface area (Å²) >= 11 is 0. The molecule has 1 rings (SSSR count). The van der Waals surface area contributed by atoms with Crippen molar-refractivity contribution in [3.63, 3.8) is 0 Å². The molecule has 19 heavy (non-hydrogen) atoms. The van der Waals surface area contributed by atoms with Crippen molar-refractivity contribution in [3.8, 4) is 0 Å². The Morgan fingerprint density at radius 2 is 1.95 bits per heavy atom. The van der Waals surface area contributed by atoms with Gasteiger partial charge in [0.2, 0.25) is 10.0 Å². The van der Waals surface area contributed by atoms with Gasteiger partial charge < -0.3 is 4.74 Å². The molecule has 1 N–H and O–H groups in total. The van der Waals surface area contributed by atoms with E-state index in [0.29, 0.717) is 12.0 Å². The Kier molecular flexibility index (Phi) is 5.72. The maximum Gasteiger partial charge on any atom is 0.333 e. The summed E-state index contributed by atoms with van der Waals surface area (Å²) in [6.45, 7) is 5.37. The first-order chi connectivity index (χ1) is 8.93. The van der Waals surface area contributed by atoms with Crippen molar-refractivity contribution >= 4 is 16.0 Å². The first kappa shape index (κ1) is 15.4. The molecule has 0 atom stereocenters. The summed E-state index contributed by atoms with van der Waals surface area (Å²) in [5.74, 6) is -0.467. The molecule has 1 aromatic carbocycles. The van der Waals surface area contributed by atoms with Crippen LogP contribution in [0.5, 0.6) is 0 Å². The van der Waals surface area contributed by atoms with Gasteiger partial charge in [-0.3, -0.25) is 0 Å². The van der Waals surface area contributed by atoms with Gasteiger partial charge in [-0.15, -0.1) is 0 Å². The van der Waals surface area contributed by atoms with E-state index in [4.69, 9.17) is 4.74 Å². The van der Waals surface area contributed by atoms with Gasteiger partial charge in [0.25, 0.3) is 0 Å². The summed E-state index contributed by atoms with van der Waals surface area (Å²) < 4.78 is 30.9. The van der Waals surface area contributed by atoms with Gasteiger partial charge in [0.05, 0.1) is 11.5 Å². The molecule has 0 radical (unpaired) electrons. The van der Waals surface area contributed by atoms with E-state index < -0.39 is 16.0 Å². The molecule has 0 amide bonds. The van der Waals surface area contributed by atoms with Crippen molar-refractivity contribution in [2.45, 2.75) is 18.2 Å². The van der Waals surface area contributed by atoms with Gasteiger partial charge in [-0.25, -0.2) is 17.9 Å².